The molecule has 2 N–H and O–H groups in total. The summed E-state index contributed by atoms with van der Waals surface area (Å²) in [5.74, 6) is -0.207. The Kier molecular flexibility index (Phi) is 2.97. The number of nitrogens with zero attached hydrogens (tertiary/aromatic N) is 2. The molecule has 0 aromatic carbocycles. The zero-order valence-corrected chi connectivity index (χ0v) is 8.60. The van der Waals surface area contributed by atoms with Gasteiger partial charge in [0.15, 0.2) is 0 Å². The van der Waals surface area contributed by atoms with Crippen molar-refractivity contribution in [2.75, 3.05) is 6.54 Å². The monoisotopic (exact) mass is 205 g/mol. The second-order valence-electron chi connectivity index (χ2n) is 3.89. The summed E-state index contributed by atoms with van der Waals surface area (Å²) in [5, 5.41) is 0. The molecule has 1 aliphatic rings. The molecule has 0 radical (unpaired) electrons. The highest BCUT2D eigenvalue weighted by Crippen LogP contribution is 2.19. The molecule has 1 aromatic rings. The van der Waals surface area contributed by atoms with E-state index < -0.39 is 0 Å². The van der Waals surface area contributed by atoms with E-state index in [0.29, 0.717) is 0 Å². The fourth-order valence-electron chi connectivity index (χ4n) is 2.06. The molecule has 2 heterocycles. The standard InChI is InChI=1S/C11H15N3O/c12-11(15)10-2-1-7-14(10)8-9-3-5-13-6-4-9/h3-6,10H,1-2,7-8H2,(H2,12,15). The first-order chi connectivity index (χ1) is 7.27. The third-order valence-electron chi connectivity index (χ3n) is 2.83. The van der Waals surface area contributed by atoms with Crippen molar-refractivity contribution in [2.45, 2.75) is 25.4 Å². The van der Waals surface area contributed by atoms with Crippen molar-refractivity contribution in [1.29, 1.82) is 0 Å². The fourth-order valence-corrected chi connectivity index (χ4v) is 2.06. The minimum atomic E-state index is -0.207. The average molecular weight is 205 g/mol. The van der Waals surface area contributed by atoms with Crippen molar-refractivity contribution in [3.63, 3.8) is 0 Å². The zero-order valence-electron chi connectivity index (χ0n) is 8.60. The molecular weight excluding hydrogens is 190 g/mol. The summed E-state index contributed by atoms with van der Waals surface area (Å²) in [5.41, 5.74) is 6.53. The van der Waals surface area contributed by atoms with Crippen LogP contribution in [0.15, 0.2) is 24.5 Å². The molecule has 1 atom stereocenters. The molecule has 2 rings (SSSR count). The van der Waals surface area contributed by atoms with Gasteiger partial charge in [-0.2, -0.15) is 0 Å². The predicted molar refractivity (Wildman–Crippen MR) is 56.9 cm³/mol. The van der Waals surface area contributed by atoms with E-state index in [-0.39, 0.29) is 11.9 Å². The Morgan fingerprint density at radius 2 is 2.27 bits per heavy atom. The lowest BCUT2D eigenvalue weighted by Crippen LogP contribution is -2.39. The molecule has 1 fully saturated rings. The van der Waals surface area contributed by atoms with Crippen LogP contribution < -0.4 is 5.73 Å². The Bertz CT molecular complexity index is 339. The second kappa shape index (κ2) is 4.40. The molecule has 80 valence electrons. The average Bonchev–Trinajstić information content (AvgIpc) is 2.67. The summed E-state index contributed by atoms with van der Waals surface area (Å²) in [6.07, 6.45) is 5.48. The number of hydrogen-bond acceptors (Lipinski definition) is 3. The largest absolute Gasteiger partial charge is 0.368 e. The smallest absolute Gasteiger partial charge is 0.234 e. The third kappa shape index (κ3) is 2.33. The number of likely N-dealkylation sites (tertiary alicyclic amines) is 1. The number of carbonyl (C=O) groups is 1. The summed E-state index contributed by atoms with van der Waals surface area (Å²) >= 11 is 0. The van der Waals surface area contributed by atoms with Gasteiger partial charge in [-0.1, -0.05) is 0 Å². The molecule has 1 saturated heterocycles. The van der Waals surface area contributed by atoms with Crippen LogP contribution in [0.5, 0.6) is 0 Å². The Morgan fingerprint density at radius 3 is 2.93 bits per heavy atom. The number of carbonyl (C=O) groups excluding carboxylic acids is 1. The van der Waals surface area contributed by atoms with E-state index in [1.807, 2.05) is 12.1 Å². The van der Waals surface area contributed by atoms with E-state index in [2.05, 4.69) is 9.88 Å². The van der Waals surface area contributed by atoms with E-state index in [4.69, 9.17) is 5.73 Å². The first-order valence-corrected chi connectivity index (χ1v) is 5.19. The van der Waals surface area contributed by atoms with Crippen molar-refractivity contribution < 1.29 is 4.79 Å². The molecule has 0 saturated carbocycles. The van der Waals surface area contributed by atoms with E-state index in [9.17, 15) is 4.79 Å². The molecule has 1 amide bonds. The van der Waals surface area contributed by atoms with Crippen LogP contribution in [0, 0.1) is 0 Å². The van der Waals surface area contributed by atoms with Crippen molar-refractivity contribution in [3.8, 4) is 0 Å². The number of primary amides is 1. The van der Waals surface area contributed by atoms with Gasteiger partial charge in [0.05, 0.1) is 6.04 Å². The fraction of sp³-hybridized carbons (Fsp3) is 0.455. The van der Waals surface area contributed by atoms with Gasteiger partial charge in [0.25, 0.3) is 0 Å². The van der Waals surface area contributed by atoms with Gasteiger partial charge in [0.1, 0.15) is 0 Å². The van der Waals surface area contributed by atoms with E-state index in [0.717, 1.165) is 25.9 Å². The molecule has 1 aromatic heterocycles. The van der Waals surface area contributed by atoms with Crippen molar-refractivity contribution in [3.05, 3.63) is 30.1 Å². The van der Waals surface area contributed by atoms with Gasteiger partial charge in [0, 0.05) is 18.9 Å². The van der Waals surface area contributed by atoms with Crippen LogP contribution in [-0.2, 0) is 11.3 Å². The van der Waals surface area contributed by atoms with Gasteiger partial charge in [-0.15, -0.1) is 0 Å². The second-order valence-corrected chi connectivity index (χ2v) is 3.89. The molecule has 4 heteroatoms. The number of rotatable bonds is 3. The van der Waals surface area contributed by atoms with E-state index in [1.54, 1.807) is 12.4 Å². The van der Waals surface area contributed by atoms with Crippen LogP contribution in [-0.4, -0.2) is 28.4 Å². The Balaban J connectivity index is 2.03. The lowest BCUT2D eigenvalue weighted by Gasteiger charge is -2.21. The minimum Gasteiger partial charge on any atom is -0.368 e. The maximum absolute atomic E-state index is 11.2. The predicted octanol–water partition coefficient (Wildman–Crippen LogP) is 0.531. The van der Waals surface area contributed by atoms with Gasteiger partial charge in [-0.05, 0) is 37.1 Å². The van der Waals surface area contributed by atoms with Crippen LogP contribution in [0.3, 0.4) is 0 Å². The summed E-state index contributed by atoms with van der Waals surface area (Å²) in [6, 6.07) is 3.85. The number of hydrogen-bond donors (Lipinski definition) is 1. The molecule has 1 unspecified atom stereocenters. The van der Waals surface area contributed by atoms with Crippen LogP contribution in [0.1, 0.15) is 18.4 Å². The summed E-state index contributed by atoms with van der Waals surface area (Å²) in [6.45, 7) is 1.74. The van der Waals surface area contributed by atoms with E-state index >= 15 is 0 Å². The van der Waals surface area contributed by atoms with Gasteiger partial charge in [-0.25, -0.2) is 0 Å². The molecule has 0 aliphatic carbocycles. The Hall–Kier alpha value is -1.42. The maximum atomic E-state index is 11.2. The van der Waals surface area contributed by atoms with Gasteiger partial charge in [-0.3, -0.25) is 14.7 Å². The van der Waals surface area contributed by atoms with Crippen molar-refractivity contribution >= 4 is 5.91 Å². The Labute approximate surface area is 89.1 Å². The van der Waals surface area contributed by atoms with Gasteiger partial charge < -0.3 is 5.73 Å². The van der Waals surface area contributed by atoms with Crippen molar-refractivity contribution in [1.82, 2.24) is 9.88 Å². The SMILES string of the molecule is NC(=O)C1CCCN1Cc1ccncc1. The van der Waals surface area contributed by atoms with E-state index in [1.165, 1.54) is 5.56 Å². The van der Waals surface area contributed by atoms with Crippen LogP contribution in [0.2, 0.25) is 0 Å². The topological polar surface area (TPSA) is 59.2 Å². The molecule has 4 nitrogen and oxygen atoms in total. The van der Waals surface area contributed by atoms with Gasteiger partial charge in [0.2, 0.25) is 5.91 Å². The number of pyridine rings is 1. The van der Waals surface area contributed by atoms with Crippen LogP contribution in [0.25, 0.3) is 0 Å². The molecular formula is C11H15N3O. The highest BCUT2D eigenvalue weighted by molar-refractivity contribution is 5.80. The number of amides is 1. The summed E-state index contributed by atoms with van der Waals surface area (Å²) in [4.78, 5) is 17.3. The quantitative estimate of drug-likeness (QED) is 0.783. The maximum Gasteiger partial charge on any atom is 0.234 e. The van der Waals surface area contributed by atoms with Crippen LogP contribution >= 0.6 is 0 Å². The molecule has 1 aliphatic heterocycles. The molecule has 0 bridgehead atoms. The first-order valence-electron chi connectivity index (χ1n) is 5.19. The highest BCUT2D eigenvalue weighted by Gasteiger charge is 2.28. The van der Waals surface area contributed by atoms with Gasteiger partial charge >= 0.3 is 0 Å². The summed E-state index contributed by atoms with van der Waals surface area (Å²) < 4.78 is 0. The Morgan fingerprint density at radius 1 is 1.53 bits per heavy atom. The number of aromatic nitrogens is 1. The van der Waals surface area contributed by atoms with Crippen molar-refractivity contribution in [2.24, 2.45) is 5.73 Å². The third-order valence-corrected chi connectivity index (χ3v) is 2.83. The lowest BCUT2D eigenvalue weighted by atomic mass is 10.2. The minimum absolute atomic E-state index is 0.0850. The highest BCUT2D eigenvalue weighted by atomic mass is 16.1. The zero-order chi connectivity index (χ0) is 10.7. The van der Waals surface area contributed by atoms with Crippen LogP contribution in [0.4, 0.5) is 0 Å². The summed E-state index contributed by atoms with van der Waals surface area (Å²) in [7, 11) is 0. The molecule has 15 heavy (non-hydrogen) atoms. The first kappa shape index (κ1) is 10.1. The molecule has 0 spiro atoms. The number of nitrogens with two attached hydrogens (primary N) is 1. The lowest BCUT2D eigenvalue weighted by molar-refractivity contribution is -0.122. The normalized spacial score (nSPS) is 21.7.